The first-order valence-electron chi connectivity index (χ1n) is 12.5. The van der Waals surface area contributed by atoms with Gasteiger partial charge in [0, 0.05) is 39.9 Å². The van der Waals surface area contributed by atoms with Gasteiger partial charge in [0.05, 0.1) is 12.0 Å². The lowest BCUT2D eigenvalue weighted by Gasteiger charge is -2.42. The summed E-state index contributed by atoms with van der Waals surface area (Å²) in [6.07, 6.45) is -9.22. The van der Waals surface area contributed by atoms with E-state index in [1.165, 1.54) is 12.1 Å². The summed E-state index contributed by atoms with van der Waals surface area (Å²) in [4.78, 5) is 73.1. The van der Waals surface area contributed by atoms with Crippen molar-refractivity contribution in [2.45, 2.75) is 58.1 Å². The third-order valence-corrected chi connectivity index (χ3v) is 5.50. The van der Waals surface area contributed by atoms with Crippen molar-refractivity contribution in [3.05, 3.63) is 33.9 Å². The van der Waals surface area contributed by atoms with Gasteiger partial charge in [-0.05, 0) is 25.7 Å². The van der Waals surface area contributed by atoms with Gasteiger partial charge in [0.25, 0.3) is 0 Å². The van der Waals surface area contributed by atoms with Crippen LogP contribution < -0.4 is 10.1 Å². The number of carbonyl (C=O) groups excluding carboxylic acids is 5. The molecular formula is C25H33N3O14. The molecule has 1 fully saturated rings. The Bertz CT molecular complexity index is 1170. The molecule has 2 rings (SSSR count). The highest BCUT2D eigenvalue weighted by atomic mass is 16.7. The molecule has 0 saturated carbocycles. The molecule has 17 heteroatoms. The summed E-state index contributed by atoms with van der Waals surface area (Å²) in [5.41, 5.74) is -0.367. The molecule has 0 spiro atoms. The fourth-order valence-electron chi connectivity index (χ4n) is 3.78. The van der Waals surface area contributed by atoms with Gasteiger partial charge < -0.3 is 43.4 Å². The summed E-state index contributed by atoms with van der Waals surface area (Å²) >= 11 is 0. The molecule has 1 amide bonds. The van der Waals surface area contributed by atoms with E-state index in [9.17, 15) is 34.1 Å². The van der Waals surface area contributed by atoms with Crippen molar-refractivity contribution < 1.29 is 62.1 Å². The molecule has 0 aromatic heterocycles. The molecule has 232 valence electrons. The first-order chi connectivity index (χ1) is 19.7. The molecule has 1 aliphatic heterocycles. The van der Waals surface area contributed by atoms with Crippen molar-refractivity contribution in [1.29, 1.82) is 0 Å². The largest absolute Gasteiger partial charge is 0.467 e. The molecule has 1 aliphatic rings. The van der Waals surface area contributed by atoms with Crippen LogP contribution in [0.15, 0.2) is 18.2 Å². The summed E-state index contributed by atoms with van der Waals surface area (Å²) in [6.45, 7) is 3.63. The molecule has 17 nitrogen and oxygen atoms in total. The van der Waals surface area contributed by atoms with E-state index in [2.05, 4.69) is 5.32 Å². The number of esters is 4. The zero-order chi connectivity index (χ0) is 31.6. The number of ether oxygens (including phenoxy) is 7. The summed E-state index contributed by atoms with van der Waals surface area (Å²) < 4.78 is 36.8. The predicted octanol–water partition coefficient (Wildman–Crippen LogP) is 0.454. The molecular weight excluding hydrogens is 566 g/mol. The van der Waals surface area contributed by atoms with Crippen molar-refractivity contribution in [2.75, 3.05) is 34.3 Å². The number of methoxy groups -OCH3 is 1. The average molecular weight is 600 g/mol. The van der Waals surface area contributed by atoms with E-state index in [0.717, 1.165) is 33.9 Å². The quantitative estimate of drug-likeness (QED) is 0.150. The van der Waals surface area contributed by atoms with Crippen LogP contribution in [0.25, 0.3) is 0 Å². The van der Waals surface area contributed by atoms with E-state index in [1.54, 1.807) is 0 Å². The number of hydrogen-bond acceptors (Lipinski definition) is 15. The lowest BCUT2D eigenvalue weighted by Crippen LogP contribution is -2.64. The smallest absolute Gasteiger partial charge is 0.407 e. The van der Waals surface area contributed by atoms with E-state index in [1.807, 2.05) is 19.0 Å². The monoisotopic (exact) mass is 599 g/mol. The van der Waals surface area contributed by atoms with Crippen LogP contribution in [0.4, 0.5) is 10.5 Å². The van der Waals surface area contributed by atoms with Crippen LogP contribution in [-0.4, -0.2) is 105 Å². The number of nitrogens with zero attached hydrogens (tertiary/aromatic N) is 2. The van der Waals surface area contributed by atoms with Gasteiger partial charge in [0.1, 0.15) is 6.61 Å². The van der Waals surface area contributed by atoms with Crippen molar-refractivity contribution in [1.82, 2.24) is 10.2 Å². The van der Waals surface area contributed by atoms with Crippen LogP contribution in [0.5, 0.6) is 5.75 Å². The Kier molecular flexibility index (Phi) is 12.4. The Morgan fingerprint density at radius 3 is 2.12 bits per heavy atom. The number of nitro groups is 1. The average Bonchev–Trinajstić information content (AvgIpc) is 2.89. The molecule has 1 aromatic carbocycles. The first-order valence-corrected chi connectivity index (χ1v) is 12.5. The van der Waals surface area contributed by atoms with Crippen LogP contribution in [0, 0.1) is 10.1 Å². The molecule has 1 heterocycles. The lowest BCUT2D eigenvalue weighted by atomic mass is 9.97. The van der Waals surface area contributed by atoms with Gasteiger partial charge in [-0.3, -0.25) is 24.5 Å². The first kappa shape index (κ1) is 33.7. The normalized spacial score (nSPS) is 21.5. The molecule has 0 aliphatic carbocycles. The molecule has 1 saturated heterocycles. The zero-order valence-corrected chi connectivity index (χ0v) is 23.9. The number of hydrogen-bond donors (Lipinski definition) is 1. The maximum atomic E-state index is 12.6. The van der Waals surface area contributed by atoms with Gasteiger partial charge in [-0.25, -0.2) is 9.59 Å². The second-order valence-electron chi connectivity index (χ2n) is 9.15. The maximum Gasteiger partial charge on any atom is 0.407 e. The van der Waals surface area contributed by atoms with Gasteiger partial charge in [-0.2, -0.15) is 0 Å². The molecule has 42 heavy (non-hydrogen) atoms. The molecule has 0 radical (unpaired) electrons. The van der Waals surface area contributed by atoms with Crippen LogP contribution in [0.3, 0.4) is 0 Å². The van der Waals surface area contributed by atoms with Gasteiger partial charge in [0.15, 0.2) is 24.1 Å². The van der Waals surface area contributed by atoms with Gasteiger partial charge >= 0.3 is 35.7 Å². The highest BCUT2D eigenvalue weighted by Crippen LogP contribution is 2.35. The standard InChI is InChI=1S/C25H33N3O14/c1-13(29)38-19-20(39-14(2)30)22(40-15(3)31)24(42-21(19)23(32)36-6)41-18-8-7-16(11-17(18)28(34)35)12-37-25(33)26-9-10-27(4)5/h7-8,11,19-22,24H,9-10,12H2,1-6H3,(H,26,33)/t19-,20-,21-,22+,24+/m0/s1. The molecule has 1 N–H and O–H groups in total. The van der Waals surface area contributed by atoms with Crippen LogP contribution in [0.1, 0.15) is 26.3 Å². The minimum atomic E-state index is -1.79. The van der Waals surface area contributed by atoms with E-state index in [0.29, 0.717) is 13.1 Å². The van der Waals surface area contributed by atoms with E-state index in [4.69, 9.17) is 33.2 Å². The molecule has 1 aromatic rings. The third kappa shape index (κ3) is 9.84. The van der Waals surface area contributed by atoms with Crippen LogP contribution in [0.2, 0.25) is 0 Å². The van der Waals surface area contributed by atoms with Crippen molar-refractivity contribution >= 4 is 35.7 Å². The van der Waals surface area contributed by atoms with E-state index < -0.39 is 77.0 Å². The third-order valence-electron chi connectivity index (χ3n) is 5.50. The van der Waals surface area contributed by atoms with Gasteiger partial charge in [0.2, 0.25) is 12.4 Å². The van der Waals surface area contributed by atoms with E-state index in [-0.39, 0.29) is 12.2 Å². The van der Waals surface area contributed by atoms with Gasteiger partial charge in [-0.15, -0.1) is 0 Å². The Labute approximate surface area is 240 Å². The topological polar surface area (TPSA) is 208 Å². The second-order valence-corrected chi connectivity index (χ2v) is 9.15. The number of benzene rings is 1. The maximum absolute atomic E-state index is 12.6. The Balaban J connectivity index is 2.40. The summed E-state index contributed by atoms with van der Waals surface area (Å²) in [5.74, 6) is -4.18. The van der Waals surface area contributed by atoms with Crippen LogP contribution >= 0.6 is 0 Å². The zero-order valence-electron chi connectivity index (χ0n) is 23.9. The number of rotatable bonds is 12. The van der Waals surface area contributed by atoms with Crippen LogP contribution in [-0.2, 0) is 54.2 Å². The van der Waals surface area contributed by atoms with Gasteiger partial charge in [-0.1, -0.05) is 6.07 Å². The summed E-state index contributed by atoms with van der Waals surface area (Å²) in [5, 5.41) is 14.4. The number of nitrogens with one attached hydrogen (secondary N) is 1. The summed E-state index contributed by atoms with van der Waals surface area (Å²) in [6, 6.07) is 3.61. The Hall–Kier alpha value is -4.51. The number of alkyl carbamates (subject to hydrolysis) is 1. The minimum Gasteiger partial charge on any atom is -0.467 e. The molecule has 0 bridgehead atoms. The van der Waals surface area contributed by atoms with Crippen molar-refractivity contribution in [3.63, 3.8) is 0 Å². The number of likely N-dealkylation sites (N-methyl/N-ethyl adjacent to an activating group) is 1. The molecule has 0 unspecified atom stereocenters. The fourth-order valence-corrected chi connectivity index (χ4v) is 3.78. The fraction of sp³-hybridized carbons (Fsp3) is 0.560. The summed E-state index contributed by atoms with van der Waals surface area (Å²) in [7, 11) is 4.67. The second kappa shape index (κ2) is 15.5. The Morgan fingerprint density at radius 1 is 0.976 bits per heavy atom. The number of nitro benzene ring substituents is 1. The predicted molar refractivity (Wildman–Crippen MR) is 138 cm³/mol. The van der Waals surface area contributed by atoms with Crippen molar-refractivity contribution in [2.24, 2.45) is 0 Å². The number of carbonyl (C=O) groups is 5. The highest BCUT2D eigenvalue weighted by molar-refractivity contribution is 5.77. The number of amides is 1. The highest BCUT2D eigenvalue weighted by Gasteiger charge is 2.56. The SMILES string of the molecule is COC(=O)[C@H]1O[C@@H](Oc2ccc(COC(=O)NCCN(C)C)cc2[N+](=O)[O-])[C@H](OC(C)=O)[C@@H](OC(C)=O)[C@@H]1OC(C)=O. The molecule has 5 atom stereocenters. The van der Waals surface area contributed by atoms with E-state index >= 15 is 0 Å². The van der Waals surface area contributed by atoms with Crippen molar-refractivity contribution in [3.8, 4) is 5.75 Å². The Morgan fingerprint density at radius 2 is 1.57 bits per heavy atom. The minimum absolute atomic E-state index is 0.234. The lowest BCUT2D eigenvalue weighted by molar-refractivity contribution is -0.387.